The number of rotatable bonds is 9. The monoisotopic (exact) mass is 342 g/mol. The van der Waals surface area contributed by atoms with E-state index in [9.17, 15) is 8.78 Å². The van der Waals surface area contributed by atoms with E-state index < -0.39 is 6.61 Å². The number of nitrogens with two attached hydrogens (primary N) is 1. The van der Waals surface area contributed by atoms with Gasteiger partial charge in [-0.2, -0.15) is 8.78 Å². The molecule has 1 aromatic rings. The predicted molar refractivity (Wildman–Crippen MR) is 80.7 cm³/mol. The maximum absolute atomic E-state index is 12.2. The van der Waals surface area contributed by atoms with Gasteiger partial charge in [0.2, 0.25) is 0 Å². The molecule has 1 atom stereocenters. The highest BCUT2D eigenvalue weighted by molar-refractivity contribution is 6.37. The highest BCUT2D eigenvalue weighted by atomic mass is 35.5. The van der Waals surface area contributed by atoms with Crippen molar-refractivity contribution in [1.82, 2.24) is 0 Å². The molecule has 0 fully saturated rings. The third-order valence-electron chi connectivity index (χ3n) is 2.70. The van der Waals surface area contributed by atoms with Gasteiger partial charge in [0.25, 0.3) is 0 Å². The molecule has 0 amide bonds. The van der Waals surface area contributed by atoms with Gasteiger partial charge in [0.15, 0.2) is 5.75 Å². The van der Waals surface area contributed by atoms with Gasteiger partial charge in [0.05, 0.1) is 16.7 Å². The first kappa shape index (κ1) is 18.2. The van der Waals surface area contributed by atoms with Gasteiger partial charge in [0.1, 0.15) is 0 Å². The van der Waals surface area contributed by atoms with E-state index >= 15 is 0 Å². The highest BCUT2D eigenvalue weighted by Gasteiger charge is 2.16. The van der Waals surface area contributed by atoms with Crippen molar-refractivity contribution in [3.8, 4) is 5.75 Å². The third kappa shape index (κ3) is 6.22. The molecule has 0 bridgehead atoms. The fraction of sp³-hybridized carbons (Fsp3) is 0.538. The molecule has 4 nitrogen and oxygen atoms in total. The Morgan fingerprint density at radius 2 is 1.90 bits per heavy atom. The second kappa shape index (κ2) is 9.25. The molecule has 1 aromatic carbocycles. The number of ether oxygens (including phenoxy) is 2. The predicted octanol–water partition coefficient (Wildman–Crippen LogP) is 3.76. The minimum atomic E-state index is -2.98. The van der Waals surface area contributed by atoms with Gasteiger partial charge in [-0.3, -0.25) is 0 Å². The van der Waals surface area contributed by atoms with Gasteiger partial charge in [-0.05, 0) is 31.5 Å². The molecular weight excluding hydrogens is 325 g/mol. The smallest absolute Gasteiger partial charge is 0.387 e. The summed E-state index contributed by atoms with van der Waals surface area (Å²) in [5, 5.41) is 3.21. The van der Waals surface area contributed by atoms with Crippen molar-refractivity contribution in [2.45, 2.75) is 25.5 Å². The Morgan fingerprint density at radius 3 is 2.38 bits per heavy atom. The van der Waals surface area contributed by atoms with Crippen molar-refractivity contribution in [3.63, 3.8) is 0 Å². The van der Waals surface area contributed by atoms with Crippen LogP contribution in [-0.2, 0) is 4.74 Å². The molecule has 0 radical (unpaired) electrons. The first-order chi connectivity index (χ1) is 9.97. The molecule has 1 unspecified atom stereocenters. The second-order valence-corrected chi connectivity index (χ2v) is 5.19. The maximum Gasteiger partial charge on any atom is 0.387 e. The summed E-state index contributed by atoms with van der Waals surface area (Å²) in [5.41, 5.74) is 6.08. The van der Waals surface area contributed by atoms with E-state index in [1.165, 1.54) is 12.1 Å². The summed E-state index contributed by atoms with van der Waals surface area (Å²) in [4.78, 5) is 0. The van der Waals surface area contributed by atoms with Gasteiger partial charge in [-0.25, -0.2) is 0 Å². The molecule has 0 aromatic heterocycles. The molecule has 0 saturated heterocycles. The second-order valence-electron chi connectivity index (χ2n) is 4.38. The van der Waals surface area contributed by atoms with Gasteiger partial charge < -0.3 is 20.5 Å². The van der Waals surface area contributed by atoms with Crippen molar-refractivity contribution in [1.29, 1.82) is 0 Å². The molecule has 0 saturated carbocycles. The average Bonchev–Trinajstić information content (AvgIpc) is 2.40. The van der Waals surface area contributed by atoms with E-state index in [1.54, 1.807) is 7.11 Å². The number of benzene rings is 1. The van der Waals surface area contributed by atoms with Crippen molar-refractivity contribution < 1.29 is 18.3 Å². The normalized spacial score (nSPS) is 12.5. The summed E-state index contributed by atoms with van der Waals surface area (Å²) in [5.74, 6) is -0.232. The van der Waals surface area contributed by atoms with Gasteiger partial charge in [-0.1, -0.05) is 23.2 Å². The van der Waals surface area contributed by atoms with E-state index in [0.29, 0.717) is 18.8 Å². The zero-order valence-electron chi connectivity index (χ0n) is 11.5. The van der Waals surface area contributed by atoms with Crippen molar-refractivity contribution >= 4 is 28.9 Å². The van der Waals surface area contributed by atoms with Crippen molar-refractivity contribution in [3.05, 3.63) is 22.2 Å². The molecule has 0 spiro atoms. The lowest BCUT2D eigenvalue weighted by atomic mass is 10.1. The van der Waals surface area contributed by atoms with Crippen LogP contribution in [0.5, 0.6) is 5.75 Å². The van der Waals surface area contributed by atoms with E-state index in [0.717, 1.165) is 12.8 Å². The number of hydrogen-bond acceptors (Lipinski definition) is 4. The lowest BCUT2D eigenvalue weighted by molar-refractivity contribution is -0.0497. The Bertz CT molecular complexity index is 427. The SMILES string of the molecule is COCC(CCCN)Nc1cc(Cl)c(OC(F)F)c(Cl)c1. The first-order valence-corrected chi connectivity index (χ1v) is 7.13. The third-order valence-corrected chi connectivity index (χ3v) is 3.26. The van der Waals surface area contributed by atoms with E-state index in [2.05, 4.69) is 10.1 Å². The van der Waals surface area contributed by atoms with Crippen LogP contribution in [0.25, 0.3) is 0 Å². The number of alkyl halides is 2. The molecule has 0 aliphatic carbocycles. The number of anilines is 1. The van der Waals surface area contributed by atoms with Gasteiger partial charge in [-0.15, -0.1) is 0 Å². The largest absolute Gasteiger partial charge is 0.432 e. The summed E-state index contributed by atoms with van der Waals surface area (Å²) in [6.07, 6.45) is 1.63. The van der Waals surface area contributed by atoms with Gasteiger partial charge in [0, 0.05) is 18.8 Å². The lowest BCUT2D eigenvalue weighted by Gasteiger charge is -2.20. The van der Waals surface area contributed by atoms with Crippen LogP contribution in [0, 0.1) is 0 Å². The van der Waals surface area contributed by atoms with Crippen LogP contribution in [0.3, 0.4) is 0 Å². The van der Waals surface area contributed by atoms with E-state index in [1.807, 2.05) is 0 Å². The van der Waals surface area contributed by atoms with Crippen LogP contribution in [0.1, 0.15) is 12.8 Å². The highest BCUT2D eigenvalue weighted by Crippen LogP contribution is 2.37. The lowest BCUT2D eigenvalue weighted by Crippen LogP contribution is -2.25. The Morgan fingerprint density at radius 1 is 1.29 bits per heavy atom. The number of halogens is 4. The Kier molecular flexibility index (Phi) is 8.03. The van der Waals surface area contributed by atoms with E-state index in [4.69, 9.17) is 33.7 Å². The van der Waals surface area contributed by atoms with Gasteiger partial charge >= 0.3 is 6.61 Å². The summed E-state index contributed by atoms with van der Waals surface area (Å²) in [6, 6.07) is 2.99. The zero-order chi connectivity index (χ0) is 15.8. The molecule has 8 heteroatoms. The molecule has 1 rings (SSSR count). The van der Waals surface area contributed by atoms with Crippen LogP contribution in [-0.4, -0.2) is 32.9 Å². The minimum absolute atomic E-state index is 0.0142. The minimum Gasteiger partial charge on any atom is -0.432 e. The van der Waals surface area contributed by atoms with E-state index in [-0.39, 0.29) is 21.8 Å². The van der Waals surface area contributed by atoms with Crippen LogP contribution >= 0.6 is 23.2 Å². The Labute approximate surface area is 132 Å². The molecule has 21 heavy (non-hydrogen) atoms. The fourth-order valence-corrected chi connectivity index (χ4v) is 2.42. The molecular formula is C13H18Cl2F2N2O2. The maximum atomic E-state index is 12.2. The fourth-order valence-electron chi connectivity index (χ4n) is 1.84. The summed E-state index contributed by atoms with van der Waals surface area (Å²) < 4.78 is 33.9. The molecule has 0 aliphatic rings. The van der Waals surface area contributed by atoms with Crippen LogP contribution in [0.4, 0.5) is 14.5 Å². The number of methoxy groups -OCH3 is 1. The zero-order valence-corrected chi connectivity index (χ0v) is 13.1. The van der Waals surface area contributed by atoms with Crippen molar-refractivity contribution in [2.24, 2.45) is 5.73 Å². The molecule has 0 aliphatic heterocycles. The number of hydrogen-bond donors (Lipinski definition) is 2. The van der Waals surface area contributed by atoms with Crippen LogP contribution < -0.4 is 15.8 Å². The Balaban J connectivity index is 2.82. The van der Waals surface area contributed by atoms with Crippen LogP contribution in [0.15, 0.2) is 12.1 Å². The molecule has 120 valence electrons. The molecule has 3 N–H and O–H groups in total. The van der Waals surface area contributed by atoms with Crippen molar-refractivity contribution in [2.75, 3.05) is 25.6 Å². The standard InChI is InChI=1S/C13H18Cl2F2N2O2/c1-20-7-8(3-2-4-18)19-9-5-10(14)12(11(15)6-9)21-13(16)17/h5-6,8,13,19H,2-4,7,18H2,1H3. The quantitative estimate of drug-likeness (QED) is 0.717. The first-order valence-electron chi connectivity index (χ1n) is 6.37. The van der Waals surface area contributed by atoms with Crippen LogP contribution in [0.2, 0.25) is 10.0 Å². The number of nitrogens with one attached hydrogen (secondary N) is 1. The summed E-state index contributed by atoms with van der Waals surface area (Å²) in [6.45, 7) is -1.93. The molecule has 0 heterocycles. The Hall–Kier alpha value is -0.820. The summed E-state index contributed by atoms with van der Waals surface area (Å²) >= 11 is 11.8. The average molecular weight is 343 g/mol. The summed E-state index contributed by atoms with van der Waals surface area (Å²) in [7, 11) is 1.59. The topological polar surface area (TPSA) is 56.5 Å².